The molecule has 4 rings (SSSR count). The molecular formula is C24H24BrN3O3. The van der Waals surface area contributed by atoms with E-state index in [0.29, 0.717) is 29.0 Å². The topological polar surface area (TPSA) is 81.2 Å². The molecule has 1 aliphatic heterocycles. The number of hydrogen-bond donors (Lipinski definition) is 1. The molecule has 31 heavy (non-hydrogen) atoms. The minimum atomic E-state index is -0.480. The number of aromatic nitrogens is 2. The second-order valence-electron chi connectivity index (χ2n) is 8.76. The van der Waals surface area contributed by atoms with Gasteiger partial charge in [0.25, 0.3) is 0 Å². The van der Waals surface area contributed by atoms with Crippen LogP contribution in [0.3, 0.4) is 0 Å². The van der Waals surface area contributed by atoms with E-state index in [4.69, 9.17) is 4.74 Å². The van der Waals surface area contributed by atoms with Crippen molar-refractivity contribution in [2.45, 2.75) is 46.1 Å². The minimum absolute atomic E-state index is 0.0154. The fourth-order valence-corrected chi connectivity index (χ4v) is 4.76. The number of esters is 1. The zero-order valence-corrected chi connectivity index (χ0v) is 19.3. The van der Waals surface area contributed by atoms with Crippen LogP contribution in [-0.4, -0.2) is 21.7 Å². The third-order valence-electron chi connectivity index (χ3n) is 5.61. The van der Waals surface area contributed by atoms with Gasteiger partial charge in [0.05, 0.1) is 17.5 Å². The minimum Gasteiger partial charge on any atom is -0.456 e. The van der Waals surface area contributed by atoms with Crippen LogP contribution in [0.2, 0.25) is 0 Å². The van der Waals surface area contributed by atoms with Crippen LogP contribution in [0, 0.1) is 5.41 Å². The third kappa shape index (κ3) is 4.46. The van der Waals surface area contributed by atoms with Gasteiger partial charge >= 0.3 is 5.97 Å². The zero-order chi connectivity index (χ0) is 22.2. The normalized spacial score (nSPS) is 20.3. The summed E-state index contributed by atoms with van der Waals surface area (Å²) in [7, 11) is 0. The molecule has 2 aromatic rings. The predicted octanol–water partition coefficient (Wildman–Crippen LogP) is 4.59. The molecule has 0 radical (unpaired) electrons. The van der Waals surface area contributed by atoms with E-state index in [-0.39, 0.29) is 17.8 Å². The summed E-state index contributed by atoms with van der Waals surface area (Å²) in [5, 5.41) is 3.35. The highest BCUT2D eigenvalue weighted by atomic mass is 79.9. The van der Waals surface area contributed by atoms with Crippen molar-refractivity contribution in [2.24, 2.45) is 5.41 Å². The van der Waals surface area contributed by atoms with Gasteiger partial charge in [-0.1, -0.05) is 41.9 Å². The summed E-state index contributed by atoms with van der Waals surface area (Å²) in [5.41, 5.74) is 4.03. The number of ketones is 1. The first-order valence-corrected chi connectivity index (χ1v) is 11.0. The molecule has 0 fully saturated rings. The maximum absolute atomic E-state index is 13.3. The van der Waals surface area contributed by atoms with Gasteiger partial charge < -0.3 is 10.1 Å². The first kappa shape index (κ1) is 21.4. The maximum atomic E-state index is 13.3. The molecule has 0 bridgehead atoms. The van der Waals surface area contributed by atoms with Crippen molar-refractivity contribution in [3.63, 3.8) is 0 Å². The third-order valence-corrected chi connectivity index (χ3v) is 6.10. The number of nitrogens with one attached hydrogen (secondary N) is 1. The summed E-state index contributed by atoms with van der Waals surface area (Å²) in [4.78, 5) is 34.7. The van der Waals surface area contributed by atoms with E-state index >= 15 is 0 Å². The lowest BCUT2D eigenvalue weighted by atomic mass is 9.68. The Balaban J connectivity index is 1.74. The number of dihydropyridines is 1. The average molecular weight is 482 g/mol. The summed E-state index contributed by atoms with van der Waals surface area (Å²) >= 11 is 3.52. The van der Waals surface area contributed by atoms with Crippen LogP contribution in [0.4, 0.5) is 0 Å². The Hall–Kier alpha value is -2.80. The Kier molecular flexibility index (Phi) is 5.79. The van der Waals surface area contributed by atoms with Crippen LogP contribution in [-0.2, 0) is 20.9 Å². The number of benzene rings is 1. The Morgan fingerprint density at radius 2 is 2.10 bits per heavy atom. The van der Waals surface area contributed by atoms with Crippen molar-refractivity contribution in [3.8, 4) is 0 Å². The molecular weight excluding hydrogens is 458 g/mol. The van der Waals surface area contributed by atoms with Gasteiger partial charge in [0, 0.05) is 46.2 Å². The van der Waals surface area contributed by atoms with Gasteiger partial charge in [-0.05, 0) is 36.5 Å². The molecule has 0 saturated heterocycles. The van der Waals surface area contributed by atoms with Crippen molar-refractivity contribution in [3.05, 3.63) is 81.1 Å². The van der Waals surface area contributed by atoms with Crippen molar-refractivity contribution in [2.75, 3.05) is 0 Å². The van der Waals surface area contributed by atoms with Gasteiger partial charge in [0.1, 0.15) is 6.61 Å². The smallest absolute Gasteiger partial charge is 0.337 e. The highest BCUT2D eigenvalue weighted by Crippen LogP contribution is 2.47. The van der Waals surface area contributed by atoms with E-state index in [2.05, 4.69) is 45.1 Å². The first-order valence-electron chi connectivity index (χ1n) is 10.2. The number of hydrogen-bond acceptors (Lipinski definition) is 6. The van der Waals surface area contributed by atoms with E-state index in [1.807, 2.05) is 31.2 Å². The number of ether oxygens (including phenoxy) is 1. The van der Waals surface area contributed by atoms with E-state index in [9.17, 15) is 9.59 Å². The Morgan fingerprint density at radius 3 is 2.81 bits per heavy atom. The number of carbonyl (C=O) groups is 2. The fraction of sp³-hybridized carbons (Fsp3) is 0.333. The lowest BCUT2D eigenvalue weighted by Crippen LogP contribution is -2.38. The molecule has 1 aliphatic carbocycles. The molecule has 1 aromatic carbocycles. The molecule has 0 spiro atoms. The van der Waals surface area contributed by atoms with Crippen LogP contribution < -0.4 is 5.32 Å². The van der Waals surface area contributed by atoms with Crippen molar-refractivity contribution in [1.82, 2.24) is 15.3 Å². The second-order valence-corrected chi connectivity index (χ2v) is 9.67. The molecule has 1 unspecified atom stereocenters. The summed E-state index contributed by atoms with van der Waals surface area (Å²) in [6.45, 7) is 6.06. The second kappa shape index (κ2) is 8.38. The first-order chi connectivity index (χ1) is 14.7. The summed E-state index contributed by atoms with van der Waals surface area (Å²) in [6, 6.07) is 7.74. The van der Waals surface area contributed by atoms with E-state index in [1.165, 1.54) is 0 Å². The molecule has 1 aromatic heterocycles. The van der Waals surface area contributed by atoms with Gasteiger partial charge in [-0.3, -0.25) is 14.8 Å². The van der Waals surface area contributed by atoms with Gasteiger partial charge in [0.15, 0.2) is 5.78 Å². The monoisotopic (exact) mass is 481 g/mol. The SMILES string of the molecule is CC1=C(C(=O)OCc2cnccn2)C(c2cccc(Br)c2)C2=C(CC(C)(C)CC2=O)N1. The molecule has 2 aliphatic rings. The molecule has 160 valence electrons. The van der Waals surface area contributed by atoms with E-state index in [0.717, 1.165) is 22.2 Å². The van der Waals surface area contributed by atoms with Crippen LogP contribution in [0.1, 0.15) is 50.8 Å². The molecule has 1 N–H and O–H groups in total. The zero-order valence-electron chi connectivity index (χ0n) is 17.7. The highest BCUT2D eigenvalue weighted by Gasteiger charge is 2.43. The van der Waals surface area contributed by atoms with Crippen LogP contribution >= 0.6 is 15.9 Å². The van der Waals surface area contributed by atoms with Crippen molar-refractivity contribution in [1.29, 1.82) is 0 Å². The lowest BCUT2D eigenvalue weighted by molar-refractivity contribution is -0.140. The Bertz CT molecular complexity index is 1110. The average Bonchev–Trinajstić information content (AvgIpc) is 2.71. The molecule has 0 amide bonds. The van der Waals surface area contributed by atoms with E-state index < -0.39 is 11.9 Å². The van der Waals surface area contributed by atoms with Crippen molar-refractivity contribution >= 4 is 27.7 Å². The van der Waals surface area contributed by atoms with E-state index in [1.54, 1.807) is 18.6 Å². The van der Waals surface area contributed by atoms with Crippen LogP contribution in [0.5, 0.6) is 0 Å². The Labute approximate surface area is 190 Å². The Morgan fingerprint density at radius 1 is 1.29 bits per heavy atom. The lowest BCUT2D eigenvalue weighted by Gasteiger charge is -2.39. The predicted molar refractivity (Wildman–Crippen MR) is 120 cm³/mol. The van der Waals surface area contributed by atoms with Crippen LogP contribution in [0.15, 0.2) is 69.9 Å². The van der Waals surface area contributed by atoms with Gasteiger partial charge in [-0.15, -0.1) is 0 Å². The molecule has 7 heteroatoms. The van der Waals surface area contributed by atoms with Gasteiger partial charge in [0.2, 0.25) is 0 Å². The fourth-order valence-electron chi connectivity index (χ4n) is 4.35. The quantitative estimate of drug-likeness (QED) is 0.643. The standard InChI is InChI=1S/C24H24BrN3O3/c1-14-20(23(30)31-13-17-12-26-7-8-27-17)21(15-5-4-6-16(25)9-15)22-18(28-14)10-24(2,3)11-19(22)29/h4-9,12,21,28H,10-11,13H2,1-3H3. The number of nitrogens with zero attached hydrogens (tertiary/aromatic N) is 2. The summed E-state index contributed by atoms with van der Waals surface area (Å²) < 4.78 is 6.48. The highest BCUT2D eigenvalue weighted by molar-refractivity contribution is 9.10. The maximum Gasteiger partial charge on any atom is 0.337 e. The molecule has 6 nitrogen and oxygen atoms in total. The van der Waals surface area contributed by atoms with Crippen molar-refractivity contribution < 1.29 is 14.3 Å². The largest absolute Gasteiger partial charge is 0.456 e. The molecule has 1 atom stereocenters. The van der Waals surface area contributed by atoms with Crippen LogP contribution in [0.25, 0.3) is 0 Å². The number of halogens is 1. The number of rotatable bonds is 4. The number of allylic oxidation sites excluding steroid dienone is 3. The van der Waals surface area contributed by atoms with Gasteiger partial charge in [-0.2, -0.15) is 0 Å². The molecule has 2 heterocycles. The summed E-state index contributed by atoms with van der Waals surface area (Å²) in [5.74, 6) is -0.882. The van der Waals surface area contributed by atoms with Gasteiger partial charge in [-0.25, -0.2) is 4.79 Å². The number of Topliss-reactive ketones (excluding diaryl/α,β-unsaturated/α-hetero) is 1. The number of carbonyl (C=O) groups excluding carboxylic acids is 2. The summed E-state index contributed by atoms with van der Waals surface area (Å²) in [6.07, 6.45) is 5.87. The molecule has 0 saturated carbocycles.